The molecular formula is C14H17NO4. The molecule has 0 radical (unpaired) electrons. The third kappa shape index (κ3) is 3.47. The zero-order chi connectivity index (χ0) is 13.7. The maximum absolute atomic E-state index is 11.7. The van der Waals surface area contributed by atoms with Gasteiger partial charge in [-0.25, -0.2) is 4.79 Å². The summed E-state index contributed by atoms with van der Waals surface area (Å²) >= 11 is 0. The molecule has 2 rings (SSSR count). The van der Waals surface area contributed by atoms with E-state index < -0.39 is 0 Å². The number of esters is 1. The summed E-state index contributed by atoms with van der Waals surface area (Å²) in [7, 11) is 0. The van der Waals surface area contributed by atoms with Gasteiger partial charge in [-0.05, 0) is 12.5 Å². The average molecular weight is 263 g/mol. The predicted molar refractivity (Wildman–Crippen MR) is 68.4 cm³/mol. The minimum atomic E-state index is -0.377. The summed E-state index contributed by atoms with van der Waals surface area (Å²) in [5, 5.41) is 0. The van der Waals surface area contributed by atoms with Gasteiger partial charge >= 0.3 is 12.1 Å². The SMILES string of the molecule is CCOC(=O)CC1COC(=O)N1Cc1ccccc1. The van der Waals surface area contributed by atoms with Crippen molar-refractivity contribution in [1.82, 2.24) is 4.90 Å². The number of rotatable bonds is 5. The summed E-state index contributed by atoms with van der Waals surface area (Å²) in [6, 6.07) is 9.38. The Balaban J connectivity index is 1.99. The van der Waals surface area contributed by atoms with Crippen molar-refractivity contribution in [2.75, 3.05) is 13.2 Å². The third-order valence-electron chi connectivity index (χ3n) is 2.98. The highest BCUT2D eigenvalue weighted by Gasteiger charge is 2.34. The number of carbonyl (C=O) groups is 2. The van der Waals surface area contributed by atoms with Crippen LogP contribution >= 0.6 is 0 Å². The predicted octanol–water partition coefficient (Wildman–Crippen LogP) is 1.96. The van der Waals surface area contributed by atoms with Crippen molar-refractivity contribution in [2.24, 2.45) is 0 Å². The molecule has 0 saturated carbocycles. The fourth-order valence-corrected chi connectivity index (χ4v) is 2.04. The maximum atomic E-state index is 11.7. The standard InChI is InChI=1S/C14H17NO4/c1-2-18-13(16)8-12-10-19-14(17)15(12)9-11-6-4-3-5-7-11/h3-7,12H,2,8-10H2,1H3. The first kappa shape index (κ1) is 13.4. The van der Waals surface area contributed by atoms with Gasteiger partial charge in [0.15, 0.2) is 0 Å². The van der Waals surface area contributed by atoms with Gasteiger partial charge in [0.2, 0.25) is 0 Å². The number of amides is 1. The Morgan fingerprint density at radius 1 is 1.42 bits per heavy atom. The topological polar surface area (TPSA) is 55.8 Å². The molecule has 5 heteroatoms. The number of hydrogen-bond donors (Lipinski definition) is 0. The van der Waals surface area contributed by atoms with E-state index in [-0.39, 0.29) is 31.1 Å². The van der Waals surface area contributed by atoms with Crippen molar-refractivity contribution < 1.29 is 19.1 Å². The molecule has 1 unspecified atom stereocenters. The molecule has 1 aromatic carbocycles. The van der Waals surface area contributed by atoms with Crippen molar-refractivity contribution in [2.45, 2.75) is 25.9 Å². The van der Waals surface area contributed by atoms with Gasteiger partial charge in [-0.3, -0.25) is 9.69 Å². The third-order valence-corrected chi connectivity index (χ3v) is 2.98. The van der Waals surface area contributed by atoms with Gasteiger partial charge in [0.25, 0.3) is 0 Å². The Hall–Kier alpha value is -2.04. The van der Waals surface area contributed by atoms with Crippen LogP contribution in [-0.2, 0) is 20.8 Å². The zero-order valence-electron chi connectivity index (χ0n) is 10.9. The van der Waals surface area contributed by atoms with Gasteiger partial charge in [-0.1, -0.05) is 30.3 Å². The molecule has 1 amide bonds. The molecule has 5 nitrogen and oxygen atoms in total. The Morgan fingerprint density at radius 2 is 2.16 bits per heavy atom. The molecule has 0 spiro atoms. The van der Waals surface area contributed by atoms with E-state index in [9.17, 15) is 9.59 Å². The molecule has 0 bridgehead atoms. The van der Waals surface area contributed by atoms with Crippen molar-refractivity contribution in [1.29, 1.82) is 0 Å². The summed E-state index contributed by atoms with van der Waals surface area (Å²) < 4.78 is 9.91. The largest absolute Gasteiger partial charge is 0.466 e. The van der Waals surface area contributed by atoms with Crippen LogP contribution in [0, 0.1) is 0 Å². The number of ether oxygens (including phenoxy) is 2. The van der Waals surface area contributed by atoms with E-state index >= 15 is 0 Å². The number of nitrogens with zero attached hydrogens (tertiary/aromatic N) is 1. The van der Waals surface area contributed by atoms with Crippen molar-refractivity contribution in [3.05, 3.63) is 35.9 Å². The van der Waals surface area contributed by atoms with Crippen molar-refractivity contribution >= 4 is 12.1 Å². The number of cyclic esters (lactones) is 1. The normalized spacial score (nSPS) is 18.3. The van der Waals surface area contributed by atoms with E-state index in [0.29, 0.717) is 13.2 Å². The lowest BCUT2D eigenvalue weighted by molar-refractivity contribution is -0.144. The Labute approximate surface area is 112 Å². The van der Waals surface area contributed by atoms with E-state index in [4.69, 9.17) is 9.47 Å². The maximum Gasteiger partial charge on any atom is 0.410 e. The van der Waals surface area contributed by atoms with Crippen molar-refractivity contribution in [3.63, 3.8) is 0 Å². The van der Waals surface area contributed by atoms with Gasteiger partial charge in [-0.15, -0.1) is 0 Å². The van der Waals surface area contributed by atoms with Gasteiger partial charge in [0.05, 0.1) is 19.1 Å². The summed E-state index contributed by atoms with van der Waals surface area (Å²) in [6.45, 7) is 2.79. The molecular weight excluding hydrogens is 246 g/mol. The number of benzene rings is 1. The van der Waals surface area contributed by atoms with Crippen LogP contribution in [0.4, 0.5) is 4.79 Å². The van der Waals surface area contributed by atoms with Crippen LogP contribution in [0.15, 0.2) is 30.3 Å². The molecule has 0 aliphatic carbocycles. The van der Waals surface area contributed by atoms with Crippen LogP contribution in [0.2, 0.25) is 0 Å². The second-order valence-electron chi connectivity index (χ2n) is 4.35. The molecule has 19 heavy (non-hydrogen) atoms. The average Bonchev–Trinajstić information content (AvgIpc) is 2.73. The van der Waals surface area contributed by atoms with Gasteiger partial charge in [-0.2, -0.15) is 0 Å². The fraction of sp³-hybridized carbons (Fsp3) is 0.429. The zero-order valence-corrected chi connectivity index (χ0v) is 10.9. The summed E-state index contributed by atoms with van der Waals surface area (Å²) in [5.41, 5.74) is 1.01. The lowest BCUT2D eigenvalue weighted by Crippen LogP contribution is -2.35. The number of carbonyl (C=O) groups excluding carboxylic acids is 2. The molecule has 1 aromatic rings. The highest BCUT2D eigenvalue weighted by atomic mass is 16.6. The molecule has 0 N–H and O–H groups in total. The first-order valence-corrected chi connectivity index (χ1v) is 6.33. The summed E-state index contributed by atoms with van der Waals surface area (Å²) in [5.74, 6) is -0.302. The number of hydrogen-bond acceptors (Lipinski definition) is 4. The summed E-state index contributed by atoms with van der Waals surface area (Å²) in [6.07, 6.45) is -0.204. The smallest absolute Gasteiger partial charge is 0.410 e. The molecule has 1 heterocycles. The highest BCUT2D eigenvalue weighted by Crippen LogP contribution is 2.19. The van der Waals surface area contributed by atoms with Crippen LogP contribution in [-0.4, -0.2) is 36.2 Å². The first-order valence-electron chi connectivity index (χ1n) is 6.33. The first-order chi connectivity index (χ1) is 9.20. The fourth-order valence-electron chi connectivity index (χ4n) is 2.04. The van der Waals surface area contributed by atoms with E-state index in [1.54, 1.807) is 11.8 Å². The van der Waals surface area contributed by atoms with Gasteiger partial charge in [0.1, 0.15) is 6.61 Å². The minimum absolute atomic E-state index is 0.173. The summed E-state index contributed by atoms with van der Waals surface area (Å²) in [4.78, 5) is 24.7. The lowest BCUT2D eigenvalue weighted by atomic mass is 10.1. The lowest BCUT2D eigenvalue weighted by Gasteiger charge is -2.20. The Kier molecular flexibility index (Phi) is 4.39. The van der Waals surface area contributed by atoms with E-state index in [1.807, 2.05) is 30.3 Å². The molecule has 1 atom stereocenters. The van der Waals surface area contributed by atoms with Crippen LogP contribution in [0.25, 0.3) is 0 Å². The Morgan fingerprint density at radius 3 is 2.84 bits per heavy atom. The van der Waals surface area contributed by atoms with Gasteiger partial charge in [0, 0.05) is 6.54 Å². The molecule has 1 aliphatic heterocycles. The second kappa shape index (κ2) is 6.22. The Bertz CT molecular complexity index is 446. The highest BCUT2D eigenvalue weighted by molar-refractivity contribution is 5.74. The minimum Gasteiger partial charge on any atom is -0.466 e. The van der Waals surface area contributed by atoms with Crippen LogP contribution in [0.1, 0.15) is 18.9 Å². The van der Waals surface area contributed by atoms with E-state index in [1.165, 1.54) is 0 Å². The molecule has 0 aromatic heterocycles. The quantitative estimate of drug-likeness (QED) is 0.762. The van der Waals surface area contributed by atoms with Gasteiger partial charge < -0.3 is 9.47 Å². The van der Waals surface area contributed by atoms with Crippen LogP contribution in [0.5, 0.6) is 0 Å². The van der Waals surface area contributed by atoms with Crippen molar-refractivity contribution in [3.8, 4) is 0 Å². The molecule has 1 fully saturated rings. The second-order valence-corrected chi connectivity index (χ2v) is 4.35. The van der Waals surface area contributed by atoms with E-state index in [2.05, 4.69) is 0 Å². The van der Waals surface area contributed by atoms with Crippen LogP contribution in [0.3, 0.4) is 0 Å². The van der Waals surface area contributed by atoms with E-state index in [0.717, 1.165) is 5.56 Å². The molecule has 1 saturated heterocycles. The molecule has 102 valence electrons. The monoisotopic (exact) mass is 263 g/mol. The molecule has 1 aliphatic rings. The van der Waals surface area contributed by atoms with Crippen LogP contribution < -0.4 is 0 Å².